The van der Waals surface area contributed by atoms with Crippen molar-refractivity contribution >= 4 is 17.9 Å². The Balaban J connectivity index is 1.64. The maximum atomic E-state index is 13.0. The van der Waals surface area contributed by atoms with Gasteiger partial charge >= 0.3 is 0 Å². The molecule has 1 heterocycles. The highest BCUT2D eigenvalue weighted by atomic mass is 16.5. The molecule has 0 saturated carbocycles. The van der Waals surface area contributed by atoms with Crippen LogP contribution in [0.5, 0.6) is 17.2 Å². The minimum Gasteiger partial charge on any atom is -0.493 e. The van der Waals surface area contributed by atoms with Crippen molar-refractivity contribution in [3.05, 3.63) is 59.7 Å². The van der Waals surface area contributed by atoms with Crippen molar-refractivity contribution in [3.63, 3.8) is 0 Å². The number of hydrogen-bond acceptors (Lipinski definition) is 5. The van der Waals surface area contributed by atoms with Gasteiger partial charge in [0.25, 0.3) is 5.91 Å². The van der Waals surface area contributed by atoms with Crippen molar-refractivity contribution in [2.24, 2.45) is 0 Å². The van der Waals surface area contributed by atoms with E-state index in [1.807, 2.05) is 30.3 Å². The molecule has 1 aliphatic heterocycles. The minimum atomic E-state index is -0.138. The van der Waals surface area contributed by atoms with Gasteiger partial charge in [-0.15, -0.1) is 0 Å². The molecular weight excluding hydrogens is 384 g/mol. The van der Waals surface area contributed by atoms with Gasteiger partial charge in [-0.1, -0.05) is 30.3 Å². The van der Waals surface area contributed by atoms with E-state index in [2.05, 4.69) is 0 Å². The third-order valence-electron chi connectivity index (χ3n) is 5.01. The van der Waals surface area contributed by atoms with Gasteiger partial charge in [-0.2, -0.15) is 0 Å². The molecule has 1 fully saturated rings. The van der Waals surface area contributed by atoms with Crippen LogP contribution in [0.1, 0.15) is 15.9 Å². The van der Waals surface area contributed by atoms with Gasteiger partial charge in [0.2, 0.25) is 11.7 Å². The van der Waals surface area contributed by atoms with Crippen LogP contribution in [0.25, 0.3) is 6.08 Å². The quantitative estimate of drug-likeness (QED) is 0.685. The van der Waals surface area contributed by atoms with E-state index in [9.17, 15) is 9.59 Å². The number of carbonyl (C=O) groups is 2. The Bertz CT molecular complexity index is 893. The molecule has 30 heavy (non-hydrogen) atoms. The number of ether oxygens (including phenoxy) is 3. The molecule has 0 atom stereocenters. The number of carbonyl (C=O) groups excluding carboxylic acids is 2. The Labute approximate surface area is 176 Å². The molecular formula is C23H26N2O5. The molecule has 0 bridgehead atoms. The Morgan fingerprint density at radius 3 is 1.93 bits per heavy atom. The van der Waals surface area contributed by atoms with Crippen molar-refractivity contribution in [1.29, 1.82) is 0 Å². The normalized spacial score (nSPS) is 14.0. The molecule has 2 aromatic rings. The second-order valence-corrected chi connectivity index (χ2v) is 6.78. The van der Waals surface area contributed by atoms with Crippen LogP contribution in [0.4, 0.5) is 0 Å². The highest BCUT2D eigenvalue weighted by molar-refractivity contribution is 5.96. The number of benzene rings is 2. The Hall–Kier alpha value is -3.48. The topological polar surface area (TPSA) is 68.3 Å². The van der Waals surface area contributed by atoms with E-state index in [0.29, 0.717) is 49.0 Å². The van der Waals surface area contributed by atoms with Crippen LogP contribution in [0.2, 0.25) is 0 Å². The van der Waals surface area contributed by atoms with Crippen LogP contribution in [0.15, 0.2) is 48.5 Å². The monoisotopic (exact) mass is 410 g/mol. The van der Waals surface area contributed by atoms with E-state index in [1.165, 1.54) is 21.3 Å². The van der Waals surface area contributed by atoms with E-state index in [4.69, 9.17) is 14.2 Å². The van der Waals surface area contributed by atoms with Gasteiger partial charge in [0.15, 0.2) is 11.5 Å². The first kappa shape index (κ1) is 21.2. The van der Waals surface area contributed by atoms with Gasteiger partial charge in [-0.25, -0.2) is 0 Å². The highest BCUT2D eigenvalue weighted by Crippen LogP contribution is 2.38. The number of amides is 2. The number of piperazine rings is 1. The average Bonchev–Trinajstić information content (AvgIpc) is 2.81. The summed E-state index contributed by atoms with van der Waals surface area (Å²) in [6, 6.07) is 13.0. The predicted octanol–water partition coefficient (Wildman–Crippen LogP) is 2.71. The Kier molecular flexibility index (Phi) is 6.95. The first-order chi connectivity index (χ1) is 14.6. The molecule has 1 saturated heterocycles. The van der Waals surface area contributed by atoms with E-state index in [0.717, 1.165) is 5.56 Å². The van der Waals surface area contributed by atoms with Crippen LogP contribution in [0, 0.1) is 0 Å². The zero-order chi connectivity index (χ0) is 21.5. The molecule has 3 rings (SSSR count). The molecule has 0 radical (unpaired) electrons. The first-order valence-electron chi connectivity index (χ1n) is 9.68. The van der Waals surface area contributed by atoms with Gasteiger partial charge < -0.3 is 24.0 Å². The third-order valence-corrected chi connectivity index (χ3v) is 5.01. The summed E-state index contributed by atoms with van der Waals surface area (Å²) in [5.41, 5.74) is 1.43. The van der Waals surface area contributed by atoms with Gasteiger partial charge in [0.1, 0.15) is 0 Å². The zero-order valence-electron chi connectivity index (χ0n) is 17.5. The van der Waals surface area contributed by atoms with Crippen molar-refractivity contribution in [2.45, 2.75) is 0 Å². The summed E-state index contributed by atoms with van der Waals surface area (Å²) in [4.78, 5) is 28.9. The lowest BCUT2D eigenvalue weighted by Gasteiger charge is -2.34. The first-order valence-corrected chi connectivity index (χ1v) is 9.68. The van der Waals surface area contributed by atoms with Crippen molar-refractivity contribution in [2.75, 3.05) is 47.5 Å². The largest absolute Gasteiger partial charge is 0.493 e. The summed E-state index contributed by atoms with van der Waals surface area (Å²) in [5.74, 6) is 1.11. The number of hydrogen-bond donors (Lipinski definition) is 0. The van der Waals surface area contributed by atoms with Gasteiger partial charge in [-0.05, 0) is 23.8 Å². The van der Waals surface area contributed by atoms with Gasteiger partial charge in [0.05, 0.1) is 21.3 Å². The fourth-order valence-electron chi connectivity index (χ4n) is 3.35. The lowest BCUT2D eigenvalue weighted by atomic mass is 10.1. The highest BCUT2D eigenvalue weighted by Gasteiger charge is 2.26. The fraction of sp³-hybridized carbons (Fsp3) is 0.304. The standard InChI is InChI=1S/C23H26N2O5/c1-28-19-15-18(16-20(29-2)22(19)30-3)23(27)25-13-11-24(12-14-25)21(26)10-9-17-7-5-4-6-8-17/h4-10,15-16H,11-14H2,1-3H3/b10-9+. The second-order valence-electron chi connectivity index (χ2n) is 6.78. The van der Waals surface area contributed by atoms with Gasteiger partial charge in [-0.3, -0.25) is 9.59 Å². The minimum absolute atomic E-state index is 0.0567. The molecule has 2 amide bonds. The maximum absolute atomic E-state index is 13.0. The molecule has 0 aliphatic carbocycles. The summed E-state index contributed by atoms with van der Waals surface area (Å²) in [7, 11) is 4.54. The maximum Gasteiger partial charge on any atom is 0.254 e. The van der Waals surface area contributed by atoms with Crippen LogP contribution in [-0.2, 0) is 4.79 Å². The zero-order valence-corrected chi connectivity index (χ0v) is 17.5. The summed E-state index contributed by atoms with van der Waals surface area (Å²) in [6.07, 6.45) is 3.38. The SMILES string of the molecule is COc1cc(C(=O)N2CCN(C(=O)/C=C/c3ccccc3)CC2)cc(OC)c1OC. The van der Waals surface area contributed by atoms with Crippen molar-refractivity contribution < 1.29 is 23.8 Å². The molecule has 7 nitrogen and oxygen atoms in total. The van der Waals surface area contributed by atoms with Crippen LogP contribution in [-0.4, -0.2) is 69.1 Å². The molecule has 2 aromatic carbocycles. The molecule has 7 heteroatoms. The fourth-order valence-corrected chi connectivity index (χ4v) is 3.35. The number of nitrogens with zero attached hydrogens (tertiary/aromatic N) is 2. The lowest BCUT2D eigenvalue weighted by molar-refractivity contribution is -0.127. The summed E-state index contributed by atoms with van der Waals surface area (Å²) >= 11 is 0. The van der Waals surface area contributed by atoms with E-state index in [-0.39, 0.29) is 11.8 Å². The Morgan fingerprint density at radius 1 is 0.833 bits per heavy atom. The molecule has 158 valence electrons. The smallest absolute Gasteiger partial charge is 0.254 e. The number of rotatable bonds is 6. The lowest BCUT2D eigenvalue weighted by Crippen LogP contribution is -2.50. The number of methoxy groups -OCH3 is 3. The Morgan fingerprint density at radius 2 is 1.40 bits per heavy atom. The van der Waals surface area contributed by atoms with E-state index < -0.39 is 0 Å². The average molecular weight is 410 g/mol. The molecule has 0 aromatic heterocycles. The van der Waals surface area contributed by atoms with Gasteiger partial charge in [0, 0.05) is 37.8 Å². The predicted molar refractivity (Wildman–Crippen MR) is 114 cm³/mol. The summed E-state index contributed by atoms with van der Waals surface area (Å²) < 4.78 is 16.0. The molecule has 0 unspecified atom stereocenters. The van der Waals surface area contributed by atoms with Crippen molar-refractivity contribution in [1.82, 2.24) is 9.80 Å². The molecule has 1 aliphatic rings. The van der Waals surface area contributed by atoms with E-state index >= 15 is 0 Å². The van der Waals surface area contributed by atoms with Crippen LogP contribution >= 0.6 is 0 Å². The second kappa shape index (κ2) is 9.82. The third kappa shape index (κ3) is 4.74. The molecule has 0 spiro atoms. The molecule has 0 N–H and O–H groups in total. The van der Waals surface area contributed by atoms with Crippen LogP contribution < -0.4 is 14.2 Å². The van der Waals surface area contributed by atoms with Crippen LogP contribution in [0.3, 0.4) is 0 Å². The summed E-state index contributed by atoms with van der Waals surface area (Å²) in [5, 5.41) is 0. The van der Waals surface area contributed by atoms with Crippen molar-refractivity contribution in [3.8, 4) is 17.2 Å². The van der Waals surface area contributed by atoms with E-state index in [1.54, 1.807) is 34.1 Å². The summed E-state index contributed by atoms with van der Waals surface area (Å²) in [6.45, 7) is 1.88.